The number of thiophene rings is 1. The van der Waals surface area contributed by atoms with Crippen LogP contribution in [0.3, 0.4) is 0 Å². The van der Waals surface area contributed by atoms with Gasteiger partial charge < -0.3 is 0 Å². The Hall–Kier alpha value is -2.10. The average molecular weight is 362 g/mol. The molecule has 3 aromatic rings. The molecule has 0 saturated heterocycles. The third kappa shape index (κ3) is 3.35. The minimum Gasteiger partial charge on any atom is -0.276 e. The van der Waals surface area contributed by atoms with Gasteiger partial charge in [0, 0.05) is 9.78 Å². The molecule has 0 aliphatic carbocycles. The van der Waals surface area contributed by atoms with Crippen LogP contribution in [0.15, 0.2) is 89.2 Å². The van der Waals surface area contributed by atoms with Crippen molar-refractivity contribution >= 4 is 33.0 Å². The smallest absolute Gasteiger partial charge is 0.0877 e. The largest absolute Gasteiger partial charge is 0.276 e. The minimum atomic E-state index is -0.140. The van der Waals surface area contributed by atoms with Crippen LogP contribution in [0.2, 0.25) is 0 Å². The number of hydrogen-bond acceptors (Lipinski definition) is 3. The number of benzene rings is 2. The molecule has 3 heteroatoms. The summed E-state index contributed by atoms with van der Waals surface area (Å²) in [6, 6.07) is 25.4. The summed E-state index contributed by atoms with van der Waals surface area (Å²) < 4.78 is 0. The van der Waals surface area contributed by atoms with Gasteiger partial charge in [-0.1, -0.05) is 84.6 Å². The normalized spacial score (nSPS) is 21.5. The summed E-state index contributed by atoms with van der Waals surface area (Å²) in [5.74, 6) is 0. The van der Waals surface area contributed by atoms with Crippen molar-refractivity contribution in [2.24, 2.45) is 4.99 Å². The van der Waals surface area contributed by atoms with Crippen molar-refractivity contribution in [3.05, 3.63) is 100 Å². The SMILES string of the molecule is CC1(c2cccs2)C=C(c2ccccc2)SC1=NCc1ccccc1. The number of aliphatic imine (C=N–C) groups is 1. The molecule has 1 atom stereocenters. The van der Waals surface area contributed by atoms with E-state index in [1.807, 2.05) is 6.07 Å². The second kappa shape index (κ2) is 7.03. The Kier molecular flexibility index (Phi) is 4.60. The van der Waals surface area contributed by atoms with Crippen LogP contribution >= 0.6 is 23.1 Å². The van der Waals surface area contributed by atoms with E-state index in [0.29, 0.717) is 0 Å². The van der Waals surface area contributed by atoms with Crippen molar-refractivity contribution in [3.8, 4) is 0 Å². The van der Waals surface area contributed by atoms with E-state index < -0.39 is 0 Å². The predicted octanol–water partition coefficient (Wildman–Crippen LogP) is 6.39. The van der Waals surface area contributed by atoms with Gasteiger partial charge in [-0.2, -0.15) is 0 Å². The Bertz CT molecular complexity index is 896. The molecule has 2 aromatic carbocycles. The Morgan fingerprint density at radius 1 is 0.880 bits per heavy atom. The maximum absolute atomic E-state index is 5.01. The van der Waals surface area contributed by atoms with Crippen molar-refractivity contribution in [3.63, 3.8) is 0 Å². The third-order valence-electron chi connectivity index (χ3n) is 4.41. The second-order valence-electron chi connectivity index (χ2n) is 6.26. The van der Waals surface area contributed by atoms with E-state index in [1.165, 1.54) is 26.0 Å². The highest BCUT2D eigenvalue weighted by atomic mass is 32.2. The van der Waals surface area contributed by atoms with Crippen molar-refractivity contribution in [1.82, 2.24) is 0 Å². The van der Waals surface area contributed by atoms with Crippen LogP contribution in [0, 0.1) is 0 Å². The Labute approximate surface area is 157 Å². The molecule has 124 valence electrons. The molecule has 0 bridgehead atoms. The van der Waals surface area contributed by atoms with E-state index in [0.717, 1.165) is 6.54 Å². The van der Waals surface area contributed by atoms with Crippen LogP contribution in [0.25, 0.3) is 4.91 Å². The second-order valence-corrected chi connectivity index (χ2v) is 8.24. The van der Waals surface area contributed by atoms with Crippen LogP contribution < -0.4 is 0 Å². The maximum Gasteiger partial charge on any atom is 0.0877 e. The molecule has 0 saturated carbocycles. The van der Waals surface area contributed by atoms with E-state index in [4.69, 9.17) is 4.99 Å². The molecule has 4 rings (SSSR count). The summed E-state index contributed by atoms with van der Waals surface area (Å²) in [6.45, 7) is 3.01. The van der Waals surface area contributed by atoms with Crippen LogP contribution in [0.4, 0.5) is 0 Å². The van der Waals surface area contributed by atoms with Gasteiger partial charge in [-0.3, -0.25) is 4.99 Å². The van der Waals surface area contributed by atoms with E-state index in [1.54, 1.807) is 23.1 Å². The molecule has 1 aliphatic heterocycles. The Morgan fingerprint density at radius 2 is 1.60 bits per heavy atom. The summed E-state index contributed by atoms with van der Waals surface area (Å²) >= 11 is 3.61. The summed E-state index contributed by atoms with van der Waals surface area (Å²) in [5.41, 5.74) is 2.37. The summed E-state index contributed by atoms with van der Waals surface area (Å²) in [5, 5.41) is 3.33. The lowest BCUT2D eigenvalue weighted by atomic mass is 9.89. The number of nitrogens with zero attached hydrogens (tertiary/aromatic N) is 1. The third-order valence-corrected chi connectivity index (χ3v) is 6.84. The van der Waals surface area contributed by atoms with Gasteiger partial charge in [0.15, 0.2) is 0 Å². The first-order valence-electron chi connectivity index (χ1n) is 8.35. The molecule has 0 radical (unpaired) electrons. The number of thioether (sulfide) groups is 1. The fourth-order valence-electron chi connectivity index (χ4n) is 3.00. The summed E-state index contributed by atoms with van der Waals surface area (Å²) in [4.78, 5) is 7.65. The van der Waals surface area contributed by atoms with Crippen molar-refractivity contribution in [2.45, 2.75) is 18.9 Å². The number of rotatable bonds is 4. The van der Waals surface area contributed by atoms with Gasteiger partial charge in [-0.15, -0.1) is 11.3 Å². The van der Waals surface area contributed by atoms with E-state index in [-0.39, 0.29) is 5.41 Å². The lowest BCUT2D eigenvalue weighted by Crippen LogP contribution is -2.24. The molecule has 25 heavy (non-hydrogen) atoms. The van der Waals surface area contributed by atoms with Gasteiger partial charge in [0.2, 0.25) is 0 Å². The summed E-state index contributed by atoms with van der Waals surface area (Å²) in [6.07, 6.45) is 2.38. The lowest BCUT2D eigenvalue weighted by molar-refractivity contribution is 0.841. The van der Waals surface area contributed by atoms with Gasteiger partial charge >= 0.3 is 0 Å². The molecule has 1 unspecified atom stereocenters. The van der Waals surface area contributed by atoms with Gasteiger partial charge in [0.05, 0.1) is 17.0 Å². The van der Waals surface area contributed by atoms with Crippen molar-refractivity contribution in [1.29, 1.82) is 0 Å². The fraction of sp³-hybridized carbons (Fsp3) is 0.136. The van der Waals surface area contributed by atoms with Crippen molar-refractivity contribution in [2.75, 3.05) is 0 Å². The fourth-order valence-corrected chi connectivity index (χ4v) is 5.19. The lowest BCUT2D eigenvalue weighted by Gasteiger charge is -2.21. The minimum absolute atomic E-state index is 0.140. The zero-order chi connectivity index (χ0) is 17.1. The number of allylic oxidation sites excluding steroid dienone is 1. The molecule has 0 spiro atoms. The summed E-state index contributed by atoms with van der Waals surface area (Å²) in [7, 11) is 0. The quantitative estimate of drug-likeness (QED) is 0.524. The zero-order valence-electron chi connectivity index (χ0n) is 14.1. The molecule has 0 N–H and O–H groups in total. The van der Waals surface area contributed by atoms with Gasteiger partial charge in [0.25, 0.3) is 0 Å². The molecule has 1 aromatic heterocycles. The first-order valence-corrected chi connectivity index (χ1v) is 10.0. The van der Waals surface area contributed by atoms with Gasteiger partial charge in [-0.05, 0) is 29.5 Å². The average Bonchev–Trinajstić information content (AvgIpc) is 3.31. The van der Waals surface area contributed by atoms with Gasteiger partial charge in [0.1, 0.15) is 0 Å². The van der Waals surface area contributed by atoms with Gasteiger partial charge in [-0.25, -0.2) is 0 Å². The monoisotopic (exact) mass is 361 g/mol. The van der Waals surface area contributed by atoms with Crippen LogP contribution in [0.1, 0.15) is 22.9 Å². The molecule has 1 nitrogen and oxygen atoms in total. The van der Waals surface area contributed by atoms with E-state index in [9.17, 15) is 0 Å². The molecular weight excluding hydrogens is 342 g/mol. The molecule has 0 fully saturated rings. The Morgan fingerprint density at radius 3 is 2.28 bits per heavy atom. The topological polar surface area (TPSA) is 12.4 Å². The maximum atomic E-state index is 5.01. The van der Waals surface area contributed by atoms with E-state index >= 15 is 0 Å². The highest BCUT2D eigenvalue weighted by molar-refractivity contribution is 8.22. The highest BCUT2D eigenvalue weighted by Crippen LogP contribution is 2.48. The van der Waals surface area contributed by atoms with E-state index in [2.05, 4.69) is 85.1 Å². The number of hydrogen-bond donors (Lipinski definition) is 0. The van der Waals surface area contributed by atoms with Crippen LogP contribution in [-0.2, 0) is 12.0 Å². The molecular formula is C22H19NS2. The Balaban J connectivity index is 1.71. The molecule has 0 amide bonds. The van der Waals surface area contributed by atoms with Crippen LogP contribution in [-0.4, -0.2) is 5.04 Å². The van der Waals surface area contributed by atoms with Crippen LogP contribution in [0.5, 0.6) is 0 Å². The first-order chi connectivity index (χ1) is 12.3. The first kappa shape index (κ1) is 16.4. The molecule has 1 aliphatic rings. The molecule has 2 heterocycles. The van der Waals surface area contributed by atoms with Crippen molar-refractivity contribution < 1.29 is 0 Å². The highest BCUT2D eigenvalue weighted by Gasteiger charge is 2.38. The zero-order valence-corrected chi connectivity index (χ0v) is 15.7. The standard InChI is InChI=1S/C22H19NS2/c1-22(20-13-8-14-24-20)15-19(18-11-6-3-7-12-18)25-21(22)23-16-17-9-4-2-5-10-17/h2-15H,16H2,1H3. The predicted molar refractivity (Wildman–Crippen MR) is 111 cm³/mol.